The molecule has 1 fully saturated rings. The van der Waals surface area contributed by atoms with E-state index in [1.54, 1.807) is 4.90 Å². The van der Waals surface area contributed by atoms with Crippen molar-refractivity contribution < 1.29 is 13.2 Å². The van der Waals surface area contributed by atoms with Crippen LogP contribution in [-0.2, 0) is 14.6 Å². The largest absolute Gasteiger partial charge is 0.367 e. The topological polar surface area (TPSA) is 83.7 Å². The van der Waals surface area contributed by atoms with Crippen LogP contribution >= 0.6 is 11.6 Å². The molecule has 1 aliphatic heterocycles. The lowest BCUT2D eigenvalue weighted by molar-refractivity contribution is -0.132. The molecule has 0 aliphatic carbocycles. The van der Waals surface area contributed by atoms with E-state index in [2.05, 4.69) is 4.90 Å². The highest BCUT2D eigenvalue weighted by molar-refractivity contribution is 7.90. The number of nitrogens with two attached hydrogens (primary N) is 1. The predicted octanol–water partition coefficient (Wildman–Crippen LogP) is 0.751. The second-order valence-corrected chi connectivity index (χ2v) is 8.46. The predicted molar refractivity (Wildman–Crippen MR) is 92.5 cm³/mol. The SMILES string of the molecule is CS(=O)(=O)CCC(N)C(=O)N1CCN(c2ccccc2Cl)CC1. The van der Waals surface area contributed by atoms with Crippen molar-refractivity contribution in [1.29, 1.82) is 0 Å². The molecule has 0 saturated carbocycles. The average molecular weight is 360 g/mol. The molecule has 1 unspecified atom stereocenters. The van der Waals surface area contributed by atoms with Gasteiger partial charge in [0, 0.05) is 32.4 Å². The molecule has 0 aromatic heterocycles. The Kier molecular flexibility index (Phi) is 5.89. The van der Waals surface area contributed by atoms with Crippen LogP contribution in [0.25, 0.3) is 0 Å². The Labute approximate surface area is 142 Å². The third-order valence-corrected chi connectivity index (χ3v) is 5.20. The summed E-state index contributed by atoms with van der Waals surface area (Å²) in [6.07, 6.45) is 1.30. The first kappa shape index (κ1) is 18.0. The zero-order valence-electron chi connectivity index (χ0n) is 13.1. The lowest BCUT2D eigenvalue weighted by Gasteiger charge is -2.37. The molecule has 1 heterocycles. The molecule has 0 spiro atoms. The second kappa shape index (κ2) is 7.51. The van der Waals surface area contributed by atoms with Gasteiger partial charge in [0.05, 0.1) is 22.5 Å². The number of rotatable bonds is 5. The number of amides is 1. The molecule has 6 nitrogen and oxygen atoms in total. The first-order valence-corrected chi connectivity index (χ1v) is 9.93. The van der Waals surface area contributed by atoms with Gasteiger partial charge in [-0.05, 0) is 18.6 Å². The molecule has 1 atom stereocenters. The summed E-state index contributed by atoms with van der Waals surface area (Å²) < 4.78 is 22.3. The fourth-order valence-corrected chi connectivity index (χ4v) is 3.51. The molecule has 1 aromatic rings. The molecule has 1 aromatic carbocycles. The maximum Gasteiger partial charge on any atom is 0.239 e. The number of carbonyl (C=O) groups excluding carboxylic acids is 1. The summed E-state index contributed by atoms with van der Waals surface area (Å²) >= 11 is 6.19. The summed E-state index contributed by atoms with van der Waals surface area (Å²) in [7, 11) is -3.11. The first-order chi connectivity index (χ1) is 10.8. The molecule has 23 heavy (non-hydrogen) atoms. The number of nitrogens with zero attached hydrogens (tertiary/aromatic N) is 2. The van der Waals surface area contributed by atoms with Crippen LogP contribution in [0.1, 0.15) is 6.42 Å². The fourth-order valence-electron chi connectivity index (χ4n) is 2.57. The van der Waals surface area contributed by atoms with E-state index in [0.717, 1.165) is 11.9 Å². The van der Waals surface area contributed by atoms with E-state index in [1.165, 1.54) is 0 Å². The van der Waals surface area contributed by atoms with Crippen molar-refractivity contribution in [3.05, 3.63) is 29.3 Å². The summed E-state index contributed by atoms with van der Waals surface area (Å²) in [5, 5.41) is 0.692. The number of anilines is 1. The summed E-state index contributed by atoms with van der Waals surface area (Å²) in [5.41, 5.74) is 6.80. The van der Waals surface area contributed by atoms with E-state index < -0.39 is 15.9 Å². The Balaban J connectivity index is 1.89. The number of carbonyl (C=O) groups is 1. The number of benzene rings is 1. The van der Waals surface area contributed by atoms with E-state index in [0.29, 0.717) is 31.2 Å². The number of piperazine rings is 1. The molecule has 1 aliphatic rings. The number of sulfone groups is 1. The van der Waals surface area contributed by atoms with Gasteiger partial charge >= 0.3 is 0 Å². The minimum atomic E-state index is -3.11. The van der Waals surface area contributed by atoms with Gasteiger partial charge in [-0.3, -0.25) is 4.79 Å². The maximum atomic E-state index is 12.3. The second-order valence-electron chi connectivity index (χ2n) is 5.79. The third-order valence-electron chi connectivity index (χ3n) is 3.90. The van der Waals surface area contributed by atoms with Crippen LogP contribution in [0, 0.1) is 0 Å². The third kappa shape index (κ3) is 5.09. The van der Waals surface area contributed by atoms with Crippen molar-refractivity contribution in [3.63, 3.8) is 0 Å². The highest BCUT2D eigenvalue weighted by Crippen LogP contribution is 2.26. The Morgan fingerprint density at radius 1 is 1.26 bits per heavy atom. The Morgan fingerprint density at radius 3 is 2.43 bits per heavy atom. The van der Waals surface area contributed by atoms with Crippen molar-refractivity contribution in [2.45, 2.75) is 12.5 Å². The van der Waals surface area contributed by atoms with E-state index in [9.17, 15) is 13.2 Å². The minimum Gasteiger partial charge on any atom is -0.367 e. The van der Waals surface area contributed by atoms with Gasteiger partial charge in [-0.25, -0.2) is 8.42 Å². The summed E-state index contributed by atoms with van der Waals surface area (Å²) in [5.74, 6) is -0.257. The maximum absolute atomic E-state index is 12.3. The zero-order valence-corrected chi connectivity index (χ0v) is 14.7. The number of para-hydroxylation sites is 1. The number of halogens is 1. The van der Waals surface area contributed by atoms with Crippen molar-refractivity contribution >= 4 is 33.0 Å². The molecule has 1 saturated heterocycles. The van der Waals surface area contributed by atoms with E-state index in [-0.39, 0.29) is 18.1 Å². The van der Waals surface area contributed by atoms with E-state index in [4.69, 9.17) is 17.3 Å². The number of hydrogen-bond acceptors (Lipinski definition) is 5. The van der Waals surface area contributed by atoms with Gasteiger partial charge < -0.3 is 15.5 Å². The minimum absolute atomic E-state index is 0.0699. The molecule has 8 heteroatoms. The van der Waals surface area contributed by atoms with Gasteiger partial charge in [-0.1, -0.05) is 23.7 Å². The van der Waals surface area contributed by atoms with Crippen LogP contribution in [-0.4, -0.2) is 63.5 Å². The quantitative estimate of drug-likeness (QED) is 0.838. The Bertz CT molecular complexity index is 658. The lowest BCUT2D eigenvalue weighted by atomic mass is 10.2. The Hall–Kier alpha value is -1.31. The first-order valence-electron chi connectivity index (χ1n) is 7.49. The van der Waals surface area contributed by atoms with Crippen LogP contribution in [0.2, 0.25) is 5.02 Å². The highest BCUT2D eigenvalue weighted by atomic mass is 35.5. The van der Waals surface area contributed by atoms with Crippen LogP contribution in [0.3, 0.4) is 0 Å². The van der Waals surface area contributed by atoms with Crippen LogP contribution in [0.5, 0.6) is 0 Å². The molecule has 0 radical (unpaired) electrons. The molecule has 0 bridgehead atoms. The molecular weight excluding hydrogens is 338 g/mol. The normalized spacial score (nSPS) is 17.2. The average Bonchev–Trinajstić information content (AvgIpc) is 2.52. The van der Waals surface area contributed by atoms with Gasteiger partial charge in [0.1, 0.15) is 9.84 Å². The molecule has 1 amide bonds. The summed E-state index contributed by atoms with van der Waals surface area (Å²) in [4.78, 5) is 16.1. The van der Waals surface area contributed by atoms with E-state index in [1.807, 2.05) is 24.3 Å². The lowest BCUT2D eigenvalue weighted by Crippen LogP contribution is -2.53. The molecule has 2 rings (SSSR count). The van der Waals surface area contributed by atoms with Crippen molar-refractivity contribution in [3.8, 4) is 0 Å². The molecule has 128 valence electrons. The summed E-state index contributed by atoms with van der Waals surface area (Å²) in [6, 6.07) is 6.84. The van der Waals surface area contributed by atoms with Gasteiger partial charge in [0.15, 0.2) is 0 Å². The Morgan fingerprint density at radius 2 is 1.87 bits per heavy atom. The number of hydrogen-bond donors (Lipinski definition) is 1. The van der Waals surface area contributed by atoms with Gasteiger partial charge in [-0.15, -0.1) is 0 Å². The van der Waals surface area contributed by atoms with Gasteiger partial charge in [-0.2, -0.15) is 0 Å². The van der Waals surface area contributed by atoms with Crippen molar-refractivity contribution in [2.24, 2.45) is 5.73 Å². The van der Waals surface area contributed by atoms with E-state index >= 15 is 0 Å². The fraction of sp³-hybridized carbons (Fsp3) is 0.533. The van der Waals surface area contributed by atoms with Crippen LogP contribution in [0.4, 0.5) is 5.69 Å². The van der Waals surface area contributed by atoms with Crippen LogP contribution in [0.15, 0.2) is 24.3 Å². The summed E-state index contributed by atoms with van der Waals surface area (Å²) in [6.45, 7) is 2.45. The molecule has 2 N–H and O–H groups in total. The van der Waals surface area contributed by atoms with Gasteiger partial charge in [0.2, 0.25) is 5.91 Å². The molecular formula is C15H22ClN3O3S. The van der Waals surface area contributed by atoms with Gasteiger partial charge in [0.25, 0.3) is 0 Å². The monoisotopic (exact) mass is 359 g/mol. The highest BCUT2D eigenvalue weighted by Gasteiger charge is 2.26. The smallest absolute Gasteiger partial charge is 0.239 e. The standard InChI is InChI=1S/C15H22ClN3O3S/c1-23(21,22)11-6-13(17)15(20)19-9-7-18(8-10-19)14-5-3-2-4-12(14)16/h2-5,13H,6-11,17H2,1H3. The zero-order chi connectivity index (χ0) is 17.0. The van der Waals surface area contributed by atoms with Crippen molar-refractivity contribution in [1.82, 2.24) is 4.90 Å². The van der Waals surface area contributed by atoms with Crippen molar-refractivity contribution in [2.75, 3.05) is 43.1 Å². The van der Waals surface area contributed by atoms with Crippen LogP contribution < -0.4 is 10.6 Å².